The molecule has 2 N–H and O–H groups in total. The number of carbonyl (C=O) groups is 2. The van der Waals surface area contributed by atoms with Crippen LogP contribution < -0.4 is 0 Å². The highest BCUT2D eigenvalue weighted by atomic mass is 16.3. The lowest BCUT2D eigenvalue weighted by Gasteiger charge is -2.27. The van der Waals surface area contributed by atoms with E-state index in [-0.39, 0.29) is 18.6 Å². The fourth-order valence-electron chi connectivity index (χ4n) is 2.16. The molecule has 0 bridgehead atoms. The van der Waals surface area contributed by atoms with Gasteiger partial charge < -0.3 is 19.8 Å². The zero-order valence-electron chi connectivity index (χ0n) is 14.9. The number of hydrogen-bond donors (Lipinski definition) is 2. The average Bonchev–Trinajstić information content (AvgIpc) is 2.59. The Kier molecular flexibility index (Phi) is 14.9. The van der Waals surface area contributed by atoms with E-state index in [1.165, 1.54) is 0 Å². The van der Waals surface area contributed by atoms with Gasteiger partial charge in [0, 0.05) is 5.41 Å². The molecule has 0 saturated carbocycles. The van der Waals surface area contributed by atoms with Crippen LogP contribution in [0, 0.1) is 10.8 Å². The van der Waals surface area contributed by atoms with Crippen LogP contribution in [0.5, 0.6) is 0 Å². The molecule has 0 unspecified atom stereocenters. The Balaban J connectivity index is 0. The molecule has 0 aliphatic carbocycles. The van der Waals surface area contributed by atoms with Crippen molar-refractivity contribution in [1.29, 1.82) is 0 Å². The van der Waals surface area contributed by atoms with Gasteiger partial charge in [0.05, 0.1) is 18.6 Å². The summed E-state index contributed by atoms with van der Waals surface area (Å²) in [5, 5.41) is 18.1. The van der Waals surface area contributed by atoms with E-state index in [1.807, 2.05) is 13.8 Å². The maximum absolute atomic E-state index is 10.6. The quantitative estimate of drug-likeness (QED) is 0.427. The van der Waals surface area contributed by atoms with Gasteiger partial charge in [-0.05, 0) is 25.7 Å². The lowest BCUT2D eigenvalue weighted by atomic mass is 9.82. The SMILES string of the molecule is CCCCC(C=O)(C=O)CC.CCCCC(CC)(CO)CO. The lowest BCUT2D eigenvalue weighted by molar-refractivity contribution is -0.126. The van der Waals surface area contributed by atoms with E-state index in [4.69, 9.17) is 10.2 Å². The molecule has 0 aromatic carbocycles. The minimum Gasteiger partial charge on any atom is -0.396 e. The Labute approximate surface area is 136 Å². The predicted octanol–water partition coefficient (Wildman–Crippen LogP) is 3.53. The molecule has 0 saturated heterocycles. The highest BCUT2D eigenvalue weighted by molar-refractivity contribution is 5.83. The van der Waals surface area contributed by atoms with Gasteiger partial charge in [0.25, 0.3) is 0 Å². The molecule has 0 amide bonds. The summed E-state index contributed by atoms with van der Waals surface area (Å²) in [5.41, 5.74) is -0.897. The van der Waals surface area contributed by atoms with Gasteiger partial charge in [-0.1, -0.05) is 53.4 Å². The number of aliphatic hydroxyl groups is 2. The highest BCUT2D eigenvalue weighted by Crippen LogP contribution is 2.27. The third kappa shape index (κ3) is 8.64. The first kappa shape index (κ1) is 23.5. The van der Waals surface area contributed by atoms with Crippen molar-refractivity contribution < 1.29 is 19.8 Å². The van der Waals surface area contributed by atoms with E-state index >= 15 is 0 Å². The minimum atomic E-state index is -0.685. The van der Waals surface area contributed by atoms with Crippen molar-refractivity contribution in [1.82, 2.24) is 0 Å². The van der Waals surface area contributed by atoms with Crippen LogP contribution in [-0.4, -0.2) is 36.0 Å². The molecular formula is C18H36O4. The highest BCUT2D eigenvalue weighted by Gasteiger charge is 2.26. The van der Waals surface area contributed by atoms with E-state index < -0.39 is 5.41 Å². The maximum Gasteiger partial charge on any atom is 0.133 e. The van der Waals surface area contributed by atoms with Crippen LogP contribution in [0.4, 0.5) is 0 Å². The van der Waals surface area contributed by atoms with Crippen molar-refractivity contribution in [3.8, 4) is 0 Å². The van der Waals surface area contributed by atoms with Crippen molar-refractivity contribution in [2.24, 2.45) is 10.8 Å². The van der Waals surface area contributed by atoms with Gasteiger partial charge in [-0.25, -0.2) is 0 Å². The number of hydrogen-bond acceptors (Lipinski definition) is 4. The number of unbranched alkanes of at least 4 members (excludes halogenated alkanes) is 2. The van der Waals surface area contributed by atoms with Crippen LogP contribution in [0.1, 0.15) is 79.1 Å². The lowest BCUT2D eigenvalue weighted by Crippen LogP contribution is -2.28. The standard InChI is InChI=1S/C9H20O2.C9H16O2/c2*1-3-5-6-9(4-2,7-10)8-11/h10-11H,3-8H2,1-2H3;7-8H,3-6H2,1-2H3. The second-order valence-electron chi connectivity index (χ2n) is 6.20. The van der Waals surface area contributed by atoms with Gasteiger partial charge >= 0.3 is 0 Å². The van der Waals surface area contributed by atoms with E-state index in [0.717, 1.165) is 51.1 Å². The Bertz CT molecular complexity index is 256. The summed E-state index contributed by atoms with van der Waals surface area (Å²) >= 11 is 0. The van der Waals surface area contributed by atoms with Gasteiger partial charge in [0.2, 0.25) is 0 Å². The molecule has 0 fully saturated rings. The van der Waals surface area contributed by atoms with Crippen LogP contribution in [0.25, 0.3) is 0 Å². The summed E-state index contributed by atoms with van der Waals surface area (Å²) in [5.74, 6) is 0. The molecular weight excluding hydrogens is 280 g/mol. The molecule has 132 valence electrons. The monoisotopic (exact) mass is 316 g/mol. The minimum absolute atomic E-state index is 0.111. The molecule has 22 heavy (non-hydrogen) atoms. The molecule has 4 nitrogen and oxygen atoms in total. The maximum atomic E-state index is 10.6. The molecule has 0 radical (unpaired) electrons. The number of aldehydes is 2. The van der Waals surface area contributed by atoms with Crippen LogP contribution in [-0.2, 0) is 9.59 Å². The molecule has 0 aliphatic heterocycles. The Hall–Kier alpha value is -0.740. The van der Waals surface area contributed by atoms with Gasteiger partial charge in [-0.2, -0.15) is 0 Å². The first-order valence-corrected chi connectivity index (χ1v) is 8.63. The van der Waals surface area contributed by atoms with Crippen molar-refractivity contribution >= 4 is 12.6 Å². The summed E-state index contributed by atoms with van der Waals surface area (Å²) in [6.45, 7) is 8.28. The molecule has 0 heterocycles. The third-order valence-electron chi connectivity index (χ3n) is 4.60. The zero-order valence-corrected chi connectivity index (χ0v) is 14.9. The van der Waals surface area contributed by atoms with Crippen LogP contribution in [0.15, 0.2) is 0 Å². The number of carbonyl (C=O) groups excluding carboxylic acids is 2. The Morgan fingerprint density at radius 2 is 1.23 bits per heavy atom. The molecule has 0 aromatic rings. The molecule has 4 heteroatoms. The molecule has 0 spiro atoms. The Morgan fingerprint density at radius 1 is 0.773 bits per heavy atom. The van der Waals surface area contributed by atoms with Gasteiger partial charge in [-0.15, -0.1) is 0 Å². The smallest absolute Gasteiger partial charge is 0.133 e. The third-order valence-corrected chi connectivity index (χ3v) is 4.60. The molecule has 0 rings (SSSR count). The molecule has 0 aliphatic rings. The fourth-order valence-corrected chi connectivity index (χ4v) is 2.16. The van der Waals surface area contributed by atoms with Gasteiger partial charge in [-0.3, -0.25) is 0 Å². The largest absolute Gasteiger partial charge is 0.396 e. The summed E-state index contributed by atoms with van der Waals surface area (Å²) < 4.78 is 0. The van der Waals surface area contributed by atoms with Crippen LogP contribution in [0.2, 0.25) is 0 Å². The summed E-state index contributed by atoms with van der Waals surface area (Å²) in [4.78, 5) is 21.1. The van der Waals surface area contributed by atoms with Crippen LogP contribution in [0.3, 0.4) is 0 Å². The van der Waals surface area contributed by atoms with E-state index in [9.17, 15) is 9.59 Å². The van der Waals surface area contributed by atoms with Gasteiger partial charge in [0.1, 0.15) is 12.6 Å². The summed E-state index contributed by atoms with van der Waals surface area (Å²) in [7, 11) is 0. The second kappa shape index (κ2) is 13.9. The van der Waals surface area contributed by atoms with E-state index in [1.54, 1.807) is 0 Å². The van der Waals surface area contributed by atoms with Crippen molar-refractivity contribution in [2.75, 3.05) is 13.2 Å². The predicted molar refractivity (Wildman–Crippen MR) is 90.8 cm³/mol. The van der Waals surface area contributed by atoms with E-state index in [2.05, 4.69) is 13.8 Å². The fraction of sp³-hybridized carbons (Fsp3) is 0.889. The molecule has 0 aromatic heterocycles. The van der Waals surface area contributed by atoms with Crippen molar-refractivity contribution in [2.45, 2.75) is 79.1 Å². The van der Waals surface area contributed by atoms with Crippen molar-refractivity contribution in [3.63, 3.8) is 0 Å². The summed E-state index contributed by atoms with van der Waals surface area (Å²) in [6, 6.07) is 0. The number of aliphatic hydroxyl groups excluding tert-OH is 2. The number of rotatable bonds is 12. The van der Waals surface area contributed by atoms with Gasteiger partial charge in [0.15, 0.2) is 0 Å². The first-order chi connectivity index (χ1) is 10.5. The Morgan fingerprint density at radius 3 is 1.50 bits per heavy atom. The first-order valence-electron chi connectivity index (χ1n) is 8.63. The topological polar surface area (TPSA) is 74.6 Å². The van der Waals surface area contributed by atoms with Crippen LogP contribution >= 0.6 is 0 Å². The summed E-state index contributed by atoms with van der Waals surface area (Å²) in [6.07, 6.45) is 8.90. The molecule has 0 atom stereocenters. The van der Waals surface area contributed by atoms with E-state index in [0.29, 0.717) is 12.8 Å². The second-order valence-corrected chi connectivity index (χ2v) is 6.20. The zero-order chi connectivity index (χ0) is 17.5. The van der Waals surface area contributed by atoms with Crippen molar-refractivity contribution in [3.05, 3.63) is 0 Å². The normalized spacial score (nSPS) is 11.5. The average molecular weight is 316 g/mol.